The summed E-state index contributed by atoms with van der Waals surface area (Å²) in [7, 11) is 1.66. The monoisotopic (exact) mass is 169 g/mol. The second kappa shape index (κ2) is 2.21. The smallest absolute Gasteiger partial charge is 0.329 e. The van der Waals surface area contributed by atoms with E-state index in [4.69, 9.17) is 4.74 Å². The van der Waals surface area contributed by atoms with E-state index in [0.29, 0.717) is 6.42 Å². The predicted octanol–water partition coefficient (Wildman–Crippen LogP) is -0.221. The van der Waals surface area contributed by atoms with E-state index in [0.717, 1.165) is 0 Å². The fourth-order valence-electron chi connectivity index (χ4n) is 2.00. The Morgan fingerprint density at radius 2 is 2.17 bits per heavy atom. The Morgan fingerprint density at radius 1 is 1.50 bits per heavy atom. The molecule has 0 aromatic rings. The molecular formula is C8H11NO3. The summed E-state index contributed by atoms with van der Waals surface area (Å²) < 4.78 is 5.01. The van der Waals surface area contributed by atoms with Crippen molar-refractivity contribution in [1.29, 1.82) is 0 Å². The number of ether oxygens (including phenoxy) is 1. The number of likely N-dealkylation sites (N-methyl/N-ethyl adjacent to an activating group) is 1. The number of carbonyl (C=O) groups is 2. The number of esters is 1. The zero-order valence-corrected chi connectivity index (χ0v) is 7.11. The molecule has 0 aliphatic carbocycles. The predicted molar refractivity (Wildman–Crippen MR) is 40.2 cm³/mol. The van der Waals surface area contributed by atoms with Gasteiger partial charge < -0.3 is 9.64 Å². The van der Waals surface area contributed by atoms with Crippen LogP contribution < -0.4 is 0 Å². The number of fused-ring (bicyclic) bond motifs is 1. The number of amides is 1. The second-order valence-electron chi connectivity index (χ2n) is 3.46. The third-order valence-electron chi connectivity index (χ3n) is 2.77. The van der Waals surface area contributed by atoms with E-state index in [2.05, 4.69) is 0 Å². The largest absolute Gasteiger partial charge is 0.461 e. The van der Waals surface area contributed by atoms with Gasteiger partial charge in [-0.25, -0.2) is 4.79 Å². The van der Waals surface area contributed by atoms with Gasteiger partial charge in [-0.1, -0.05) is 0 Å². The summed E-state index contributed by atoms with van der Waals surface area (Å²) in [5.74, 6) is -0.121. The molecule has 0 aromatic heterocycles. The van der Waals surface area contributed by atoms with E-state index in [-0.39, 0.29) is 29.9 Å². The first-order valence-corrected chi connectivity index (χ1v) is 4.07. The van der Waals surface area contributed by atoms with Gasteiger partial charge in [0, 0.05) is 19.4 Å². The van der Waals surface area contributed by atoms with Gasteiger partial charge in [0.2, 0.25) is 5.91 Å². The van der Waals surface area contributed by atoms with E-state index in [1.807, 2.05) is 6.92 Å². The van der Waals surface area contributed by atoms with Crippen LogP contribution in [0.3, 0.4) is 0 Å². The van der Waals surface area contributed by atoms with Crippen molar-refractivity contribution in [3.05, 3.63) is 0 Å². The molecule has 4 heteroatoms. The molecule has 0 saturated carbocycles. The van der Waals surface area contributed by atoms with Crippen molar-refractivity contribution in [3.63, 3.8) is 0 Å². The van der Waals surface area contributed by atoms with Crippen molar-refractivity contribution in [2.24, 2.45) is 5.92 Å². The maximum atomic E-state index is 11.2. The molecule has 0 unspecified atom stereocenters. The minimum Gasteiger partial charge on any atom is -0.461 e. The first kappa shape index (κ1) is 7.58. The molecule has 2 saturated heterocycles. The number of carbonyl (C=O) groups excluding carboxylic acids is 2. The summed E-state index contributed by atoms with van der Waals surface area (Å²) in [5.41, 5.74) is 0. The third-order valence-corrected chi connectivity index (χ3v) is 2.77. The summed E-state index contributed by atoms with van der Waals surface area (Å²) in [6.45, 7) is 1.84. The first-order valence-electron chi connectivity index (χ1n) is 4.07. The molecule has 0 N–H and O–H groups in total. The van der Waals surface area contributed by atoms with Crippen LogP contribution in [0.25, 0.3) is 0 Å². The van der Waals surface area contributed by atoms with Crippen molar-refractivity contribution in [3.8, 4) is 0 Å². The van der Waals surface area contributed by atoms with Crippen molar-refractivity contribution < 1.29 is 14.3 Å². The maximum absolute atomic E-state index is 11.2. The number of likely N-dealkylation sites (tertiary alicyclic amines) is 1. The minimum atomic E-state index is -0.313. The van der Waals surface area contributed by atoms with Crippen molar-refractivity contribution in [2.45, 2.75) is 25.5 Å². The summed E-state index contributed by atoms with van der Waals surface area (Å²) in [5, 5.41) is 0. The Morgan fingerprint density at radius 3 is 2.75 bits per heavy atom. The van der Waals surface area contributed by atoms with Gasteiger partial charge >= 0.3 is 5.97 Å². The molecule has 0 bridgehead atoms. The quantitative estimate of drug-likeness (QED) is 0.471. The van der Waals surface area contributed by atoms with Gasteiger partial charge in [-0.3, -0.25) is 4.79 Å². The zero-order chi connectivity index (χ0) is 8.88. The van der Waals surface area contributed by atoms with Crippen LogP contribution in [0, 0.1) is 5.92 Å². The molecule has 2 fully saturated rings. The molecule has 2 aliphatic heterocycles. The highest BCUT2D eigenvalue weighted by Crippen LogP contribution is 2.34. The third kappa shape index (κ3) is 0.777. The molecule has 1 amide bonds. The first-order chi connectivity index (χ1) is 5.61. The van der Waals surface area contributed by atoms with E-state index < -0.39 is 0 Å². The molecule has 4 nitrogen and oxygen atoms in total. The lowest BCUT2D eigenvalue weighted by atomic mass is 9.98. The molecule has 2 heterocycles. The van der Waals surface area contributed by atoms with Gasteiger partial charge in [-0.15, -0.1) is 0 Å². The van der Waals surface area contributed by atoms with Gasteiger partial charge in [-0.05, 0) is 6.92 Å². The van der Waals surface area contributed by atoms with Crippen molar-refractivity contribution >= 4 is 11.9 Å². The van der Waals surface area contributed by atoms with Crippen LogP contribution in [0.4, 0.5) is 0 Å². The summed E-state index contributed by atoms with van der Waals surface area (Å²) in [6.07, 6.45) is 0.352. The standard InChI is InChI=1S/C8H11NO3/c1-4-5-3-6(10)9(2)7(5)8(11)12-4/h4-5,7H,3H2,1-2H3/t4-,5-,7-/m0/s1. The highest BCUT2D eigenvalue weighted by molar-refractivity contribution is 5.90. The van der Waals surface area contributed by atoms with Crippen molar-refractivity contribution in [2.75, 3.05) is 7.05 Å². The number of hydrogen-bond acceptors (Lipinski definition) is 3. The van der Waals surface area contributed by atoms with Gasteiger partial charge in [-0.2, -0.15) is 0 Å². The topological polar surface area (TPSA) is 46.6 Å². The Hall–Kier alpha value is -1.06. The molecule has 3 atom stereocenters. The highest BCUT2D eigenvalue weighted by atomic mass is 16.6. The number of rotatable bonds is 0. The molecule has 2 aliphatic rings. The van der Waals surface area contributed by atoms with Gasteiger partial charge in [0.15, 0.2) is 0 Å². The fourth-order valence-corrected chi connectivity index (χ4v) is 2.00. The summed E-state index contributed by atoms with van der Waals surface area (Å²) in [4.78, 5) is 23.9. The molecule has 2 rings (SSSR count). The lowest BCUT2D eigenvalue weighted by Crippen LogP contribution is -2.35. The van der Waals surface area contributed by atoms with E-state index in [1.165, 1.54) is 4.90 Å². The Bertz CT molecular complexity index is 251. The van der Waals surface area contributed by atoms with Crippen molar-refractivity contribution in [1.82, 2.24) is 4.90 Å². The average molecular weight is 169 g/mol. The number of hydrogen-bond donors (Lipinski definition) is 0. The van der Waals surface area contributed by atoms with Crippen LogP contribution in [0.5, 0.6) is 0 Å². The Balaban J connectivity index is 2.29. The molecule has 66 valence electrons. The van der Waals surface area contributed by atoms with E-state index >= 15 is 0 Å². The lowest BCUT2D eigenvalue weighted by molar-refractivity contribution is -0.148. The fraction of sp³-hybridized carbons (Fsp3) is 0.750. The SMILES string of the molecule is C[C@@H]1OC(=O)[C@@H]2[C@H]1CC(=O)N2C. The summed E-state index contributed by atoms with van der Waals surface area (Å²) >= 11 is 0. The summed E-state index contributed by atoms with van der Waals surface area (Å²) in [6, 6.07) is -0.313. The van der Waals surface area contributed by atoms with Gasteiger partial charge in [0.25, 0.3) is 0 Å². The average Bonchev–Trinajstić information content (AvgIpc) is 2.41. The van der Waals surface area contributed by atoms with Crippen LogP contribution >= 0.6 is 0 Å². The lowest BCUT2D eigenvalue weighted by Gasteiger charge is -2.13. The number of nitrogens with zero attached hydrogens (tertiary/aromatic N) is 1. The number of cyclic esters (lactones) is 1. The normalized spacial score (nSPS) is 40.2. The highest BCUT2D eigenvalue weighted by Gasteiger charge is 2.51. The second-order valence-corrected chi connectivity index (χ2v) is 3.46. The van der Waals surface area contributed by atoms with E-state index in [1.54, 1.807) is 7.05 Å². The van der Waals surface area contributed by atoms with Crippen LogP contribution in [-0.4, -0.2) is 36.0 Å². The van der Waals surface area contributed by atoms with Crippen LogP contribution in [0.1, 0.15) is 13.3 Å². The Labute approximate surface area is 70.5 Å². The molecule has 0 aromatic carbocycles. The minimum absolute atomic E-state index is 0.0495. The van der Waals surface area contributed by atoms with E-state index in [9.17, 15) is 9.59 Å². The van der Waals surface area contributed by atoms with Gasteiger partial charge in [0.05, 0.1) is 0 Å². The molecule has 0 radical (unpaired) electrons. The Kier molecular flexibility index (Phi) is 1.40. The maximum Gasteiger partial charge on any atom is 0.329 e. The zero-order valence-electron chi connectivity index (χ0n) is 7.11. The van der Waals surface area contributed by atoms with Crippen LogP contribution in [-0.2, 0) is 14.3 Å². The molecule has 0 spiro atoms. The van der Waals surface area contributed by atoms with Gasteiger partial charge in [0.1, 0.15) is 12.1 Å². The molecule has 12 heavy (non-hydrogen) atoms. The van der Waals surface area contributed by atoms with Crippen LogP contribution in [0.2, 0.25) is 0 Å². The van der Waals surface area contributed by atoms with Crippen LogP contribution in [0.15, 0.2) is 0 Å². The molecular weight excluding hydrogens is 158 g/mol.